The number of hydrogen-bond donors (Lipinski definition) is 1. The van der Waals surface area contributed by atoms with Gasteiger partial charge in [0.2, 0.25) is 0 Å². The average Bonchev–Trinajstić information content (AvgIpc) is 2.46. The standard InChI is InChI=1S/C15H14O4S/c1-18-10-5-3-6-11(9-10)19-12-7-4-8-13(20-2)14(12)15(16)17/h3-9H,1-2H3,(H,16,17). The Kier molecular flexibility index (Phi) is 4.53. The van der Waals surface area contributed by atoms with E-state index in [0.29, 0.717) is 22.1 Å². The molecule has 0 unspecified atom stereocenters. The maximum absolute atomic E-state index is 11.4. The summed E-state index contributed by atoms with van der Waals surface area (Å²) in [6.07, 6.45) is 1.83. The molecule has 0 radical (unpaired) electrons. The van der Waals surface area contributed by atoms with Gasteiger partial charge in [0.05, 0.1) is 7.11 Å². The second-order valence-electron chi connectivity index (χ2n) is 3.92. The van der Waals surface area contributed by atoms with Gasteiger partial charge in [0, 0.05) is 11.0 Å². The van der Waals surface area contributed by atoms with E-state index < -0.39 is 5.97 Å². The van der Waals surface area contributed by atoms with Gasteiger partial charge in [0.1, 0.15) is 22.8 Å². The summed E-state index contributed by atoms with van der Waals surface area (Å²) in [5.41, 5.74) is 0.169. The highest BCUT2D eigenvalue weighted by Gasteiger charge is 2.16. The fraction of sp³-hybridized carbons (Fsp3) is 0.133. The van der Waals surface area contributed by atoms with Crippen LogP contribution in [0.5, 0.6) is 17.2 Å². The monoisotopic (exact) mass is 290 g/mol. The number of ether oxygens (including phenoxy) is 2. The summed E-state index contributed by atoms with van der Waals surface area (Å²) in [7, 11) is 1.57. The summed E-state index contributed by atoms with van der Waals surface area (Å²) in [5, 5.41) is 9.34. The molecule has 104 valence electrons. The van der Waals surface area contributed by atoms with Crippen LogP contribution < -0.4 is 9.47 Å². The van der Waals surface area contributed by atoms with Gasteiger partial charge in [-0.25, -0.2) is 4.79 Å². The lowest BCUT2D eigenvalue weighted by molar-refractivity contribution is 0.0690. The zero-order valence-corrected chi connectivity index (χ0v) is 11.9. The summed E-state index contributed by atoms with van der Waals surface area (Å²) < 4.78 is 10.8. The van der Waals surface area contributed by atoms with Crippen LogP contribution in [0, 0.1) is 0 Å². The summed E-state index contributed by atoms with van der Waals surface area (Å²) in [4.78, 5) is 12.1. The van der Waals surface area contributed by atoms with Gasteiger partial charge in [0.25, 0.3) is 0 Å². The molecule has 0 saturated heterocycles. The molecule has 2 aromatic carbocycles. The van der Waals surface area contributed by atoms with Gasteiger partial charge in [-0.15, -0.1) is 11.8 Å². The van der Waals surface area contributed by atoms with Gasteiger partial charge in [-0.05, 0) is 30.5 Å². The maximum Gasteiger partial charge on any atom is 0.340 e. The first-order valence-electron chi connectivity index (χ1n) is 5.88. The Labute approximate surface area is 121 Å². The molecule has 0 heterocycles. The molecule has 0 fully saturated rings. The topological polar surface area (TPSA) is 55.8 Å². The Hall–Kier alpha value is -2.14. The third-order valence-corrected chi connectivity index (χ3v) is 3.47. The molecule has 0 amide bonds. The van der Waals surface area contributed by atoms with E-state index in [2.05, 4.69) is 0 Å². The van der Waals surface area contributed by atoms with E-state index in [9.17, 15) is 9.90 Å². The highest BCUT2D eigenvalue weighted by Crippen LogP contribution is 2.33. The number of carboxylic acid groups (broad SMARTS) is 1. The van der Waals surface area contributed by atoms with E-state index in [1.54, 1.807) is 49.6 Å². The van der Waals surface area contributed by atoms with Gasteiger partial charge in [-0.3, -0.25) is 0 Å². The minimum atomic E-state index is -1.01. The predicted molar refractivity (Wildman–Crippen MR) is 78.3 cm³/mol. The summed E-state index contributed by atoms with van der Waals surface area (Å²) in [6.45, 7) is 0. The van der Waals surface area contributed by atoms with E-state index in [1.807, 2.05) is 6.26 Å². The van der Waals surface area contributed by atoms with Crippen molar-refractivity contribution < 1.29 is 19.4 Å². The third-order valence-electron chi connectivity index (χ3n) is 2.69. The molecule has 2 rings (SSSR count). The predicted octanol–water partition coefficient (Wildman–Crippen LogP) is 3.91. The van der Waals surface area contributed by atoms with Crippen molar-refractivity contribution in [2.45, 2.75) is 4.90 Å². The molecule has 0 bridgehead atoms. The van der Waals surface area contributed by atoms with Crippen LogP contribution in [-0.2, 0) is 0 Å². The summed E-state index contributed by atoms with van der Waals surface area (Å²) >= 11 is 1.37. The lowest BCUT2D eigenvalue weighted by Crippen LogP contribution is -2.02. The summed E-state index contributed by atoms with van der Waals surface area (Å²) in [6, 6.07) is 12.2. The number of methoxy groups -OCH3 is 1. The molecule has 0 aliphatic carbocycles. The van der Waals surface area contributed by atoms with E-state index in [4.69, 9.17) is 9.47 Å². The lowest BCUT2D eigenvalue weighted by Gasteiger charge is -2.12. The van der Waals surface area contributed by atoms with Crippen molar-refractivity contribution in [1.29, 1.82) is 0 Å². The Morgan fingerprint density at radius 3 is 2.50 bits per heavy atom. The quantitative estimate of drug-likeness (QED) is 0.846. The van der Waals surface area contributed by atoms with Crippen LogP contribution in [0.3, 0.4) is 0 Å². The highest BCUT2D eigenvalue weighted by molar-refractivity contribution is 7.98. The normalized spacial score (nSPS) is 10.1. The molecule has 0 atom stereocenters. The van der Waals surface area contributed by atoms with E-state index in [0.717, 1.165) is 0 Å². The minimum absolute atomic E-state index is 0.169. The molecule has 1 N–H and O–H groups in total. The van der Waals surface area contributed by atoms with Crippen LogP contribution in [0.25, 0.3) is 0 Å². The van der Waals surface area contributed by atoms with Gasteiger partial charge < -0.3 is 14.6 Å². The van der Waals surface area contributed by atoms with Crippen molar-refractivity contribution in [3.63, 3.8) is 0 Å². The molecule has 0 spiro atoms. The van der Waals surface area contributed by atoms with Crippen molar-refractivity contribution in [2.24, 2.45) is 0 Å². The Morgan fingerprint density at radius 2 is 1.85 bits per heavy atom. The smallest absolute Gasteiger partial charge is 0.340 e. The fourth-order valence-corrected chi connectivity index (χ4v) is 2.38. The third kappa shape index (κ3) is 3.05. The molecule has 0 aliphatic rings. The number of carbonyl (C=O) groups is 1. The van der Waals surface area contributed by atoms with Crippen LogP contribution in [-0.4, -0.2) is 24.4 Å². The molecule has 0 aromatic heterocycles. The van der Waals surface area contributed by atoms with Crippen molar-refractivity contribution >= 4 is 17.7 Å². The first kappa shape index (κ1) is 14.3. The molecule has 2 aromatic rings. The van der Waals surface area contributed by atoms with Crippen molar-refractivity contribution in [3.8, 4) is 17.2 Å². The molecule has 20 heavy (non-hydrogen) atoms. The molecule has 0 saturated carbocycles. The zero-order valence-electron chi connectivity index (χ0n) is 11.1. The first-order chi connectivity index (χ1) is 9.65. The second kappa shape index (κ2) is 6.34. The van der Waals surface area contributed by atoms with Crippen molar-refractivity contribution in [3.05, 3.63) is 48.0 Å². The van der Waals surface area contributed by atoms with Crippen molar-refractivity contribution in [1.82, 2.24) is 0 Å². The molecule has 4 nitrogen and oxygen atoms in total. The maximum atomic E-state index is 11.4. The van der Waals surface area contributed by atoms with Crippen LogP contribution in [0.1, 0.15) is 10.4 Å². The van der Waals surface area contributed by atoms with Gasteiger partial charge >= 0.3 is 5.97 Å². The Balaban J connectivity index is 2.40. The van der Waals surface area contributed by atoms with E-state index in [-0.39, 0.29) is 5.56 Å². The van der Waals surface area contributed by atoms with Gasteiger partial charge in [0.15, 0.2) is 0 Å². The fourth-order valence-electron chi connectivity index (χ4n) is 1.77. The number of aromatic carboxylic acids is 1. The SMILES string of the molecule is COc1cccc(Oc2cccc(SC)c2C(=O)O)c1. The van der Waals surface area contributed by atoms with Gasteiger partial charge in [-0.2, -0.15) is 0 Å². The second-order valence-corrected chi connectivity index (χ2v) is 4.77. The Morgan fingerprint density at radius 1 is 1.15 bits per heavy atom. The number of hydrogen-bond acceptors (Lipinski definition) is 4. The van der Waals surface area contributed by atoms with E-state index in [1.165, 1.54) is 11.8 Å². The zero-order chi connectivity index (χ0) is 14.5. The van der Waals surface area contributed by atoms with Crippen LogP contribution >= 0.6 is 11.8 Å². The molecule has 5 heteroatoms. The van der Waals surface area contributed by atoms with Crippen LogP contribution in [0.15, 0.2) is 47.4 Å². The number of thioether (sulfide) groups is 1. The van der Waals surface area contributed by atoms with Crippen LogP contribution in [0.4, 0.5) is 0 Å². The number of benzene rings is 2. The molecule has 0 aliphatic heterocycles. The van der Waals surface area contributed by atoms with E-state index >= 15 is 0 Å². The van der Waals surface area contributed by atoms with Crippen molar-refractivity contribution in [2.75, 3.05) is 13.4 Å². The summed E-state index contributed by atoms with van der Waals surface area (Å²) in [5.74, 6) is 0.496. The number of rotatable bonds is 5. The first-order valence-corrected chi connectivity index (χ1v) is 7.10. The van der Waals surface area contributed by atoms with Crippen LogP contribution in [0.2, 0.25) is 0 Å². The average molecular weight is 290 g/mol. The van der Waals surface area contributed by atoms with Gasteiger partial charge in [-0.1, -0.05) is 12.1 Å². The minimum Gasteiger partial charge on any atom is -0.497 e. The largest absolute Gasteiger partial charge is 0.497 e. The lowest BCUT2D eigenvalue weighted by atomic mass is 10.2. The highest BCUT2D eigenvalue weighted by atomic mass is 32.2. The molecular formula is C15H14O4S. The molecular weight excluding hydrogens is 276 g/mol. The number of carboxylic acids is 1. The Bertz CT molecular complexity index is 625.